The van der Waals surface area contributed by atoms with E-state index in [0.717, 1.165) is 0 Å². The zero-order chi connectivity index (χ0) is 19.0. The molecule has 0 atom stereocenters. The number of benzene rings is 2. The molecule has 4 rings (SSSR count). The smallest absolute Gasteiger partial charge is 0.255 e. The highest BCUT2D eigenvalue weighted by Crippen LogP contribution is 2.26. The molecule has 0 radical (unpaired) electrons. The second-order valence-electron chi connectivity index (χ2n) is 6.37. The zero-order valence-corrected chi connectivity index (χ0v) is 15.2. The van der Waals surface area contributed by atoms with Crippen LogP contribution in [0.1, 0.15) is 0 Å². The fourth-order valence-electron chi connectivity index (χ4n) is 3.41. The van der Waals surface area contributed by atoms with Crippen LogP contribution in [-0.4, -0.2) is 43.9 Å². The molecule has 27 heavy (non-hydrogen) atoms. The zero-order valence-electron chi connectivity index (χ0n) is 14.4. The molecule has 0 aliphatic carbocycles. The highest BCUT2D eigenvalue weighted by atomic mass is 32.2. The molecule has 3 aromatic rings. The van der Waals surface area contributed by atoms with E-state index in [9.17, 15) is 17.6 Å². The number of aromatic amines is 1. The average molecular weight is 387 g/mol. The van der Waals surface area contributed by atoms with Crippen molar-refractivity contribution in [3.05, 3.63) is 70.9 Å². The lowest BCUT2D eigenvalue weighted by Crippen LogP contribution is -2.49. The Balaban J connectivity index is 1.63. The quantitative estimate of drug-likeness (QED) is 0.748. The number of nitrogens with one attached hydrogen (secondary N) is 1. The number of sulfonamides is 1. The predicted octanol–water partition coefficient (Wildman–Crippen LogP) is 2.18. The fourth-order valence-corrected chi connectivity index (χ4v) is 5.00. The monoisotopic (exact) mass is 387 g/mol. The van der Waals surface area contributed by atoms with Crippen molar-refractivity contribution >= 4 is 26.5 Å². The van der Waals surface area contributed by atoms with Gasteiger partial charge in [0.25, 0.3) is 5.56 Å². The number of rotatable bonds is 3. The molecule has 0 unspecified atom stereocenters. The summed E-state index contributed by atoms with van der Waals surface area (Å²) in [6.45, 7) is 1.26. The van der Waals surface area contributed by atoms with E-state index in [1.54, 1.807) is 42.5 Å². The van der Waals surface area contributed by atoms with Crippen LogP contribution in [0.15, 0.2) is 64.4 Å². The number of aromatic nitrogens is 1. The van der Waals surface area contributed by atoms with Crippen molar-refractivity contribution in [3.63, 3.8) is 0 Å². The van der Waals surface area contributed by atoms with Gasteiger partial charge in [0.05, 0.1) is 5.69 Å². The topological polar surface area (TPSA) is 73.5 Å². The number of anilines is 1. The maximum absolute atomic E-state index is 14.0. The predicted molar refractivity (Wildman–Crippen MR) is 102 cm³/mol. The lowest BCUT2D eigenvalue weighted by atomic mass is 10.2. The van der Waals surface area contributed by atoms with E-state index in [-0.39, 0.29) is 29.4 Å². The van der Waals surface area contributed by atoms with Gasteiger partial charge in [0, 0.05) is 43.1 Å². The summed E-state index contributed by atoms with van der Waals surface area (Å²) < 4.78 is 41.6. The van der Waals surface area contributed by atoms with Crippen molar-refractivity contribution < 1.29 is 12.8 Å². The maximum Gasteiger partial charge on any atom is 0.255 e. The molecule has 6 nitrogen and oxygen atoms in total. The van der Waals surface area contributed by atoms with Crippen LogP contribution in [0.25, 0.3) is 10.8 Å². The van der Waals surface area contributed by atoms with E-state index in [1.165, 1.54) is 16.6 Å². The number of pyridine rings is 1. The van der Waals surface area contributed by atoms with Crippen LogP contribution >= 0.6 is 0 Å². The van der Waals surface area contributed by atoms with Gasteiger partial charge in [-0.2, -0.15) is 4.31 Å². The minimum absolute atomic E-state index is 0.0806. The van der Waals surface area contributed by atoms with Gasteiger partial charge in [-0.1, -0.05) is 30.3 Å². The number of para-hydroxylation sites is 1. The average Bonchev–Trinajstić information content (AvgIpc) is 2.69. The number of nitrogens with zero attached hydrogens (tertiary/aromatic N) is 2. The van der Waals surface area contributed by atoms with Gasteiger partial charge in [-0.25, -0.2) is 12.8 Å². The van der Waals surface area contributed by atoms with E-state index >= 15 is 0 Å². The Morgan fingerprint density at radius 2 is 1.52 bits per heavy atom. The number of hydrogen-bond acceptors (Lipinski definition) is 4. The fraction of sp³-hybridized carbons (Fsp3) is 0.211. The lowest BCUT2D eigenvalue weighted by Gasteiger charge is -2.35. The van der Waals surface area contributed by atoms with Gasteiger partial charge in [0.15, 0.2) is 0 Å². The van der Waals surface area contributed by atoms with Crippen molar-refractivity contribution in [2.75, 3.05) is 31.1 Å². The van der Waals surface area contributed by atoms with Crippen LogP contribution in [0.4, 0.5) is 10.1 Å². The summed E-state index contributed by atoms with van der Waals surface area (Å²) in [7, 11) is -3.78. The molecule has 1 aliphatic heterocycles. The van der Waals surface area contributed by atoms with Gasteiger partial charge in [-0.3, -0.25) is 4.79 Å². The van der Waals surface area contributed by atoms with Crippen molar-refractivity contribution in [1.29, 1.82) is 0 Å². The summed E-state index contributed by atoms with van der Waals surface area (Å²) in [5.41, 5.74) is 0.151. The molecule has 1 N–H and O–H groups in total. The molecule has 8 heteroatoms. The first-order chi connectivity index (χ1) is 13.0. The third-order valence-electron chi connectivity index (χ3n) is 4.82. The number of H-pyrrole nitrogens is 1. The second kappa shape index (κ2) is 6.79. The van der Waals surface area contributed by atoms with Gasteiger partial charge in [-0.05, 0) is 18.2 Å². The standard InChI is InChI=1S/C19H18FN3O3S/c20-16-7-3-4-8-17(16)22-9-11-23(12-10-22)27(25,26)18-13-21-19(24)15-6-2-1-5-14(15)18/h1-8,13H,9-12H2,(H,21,24). The van der Waals surface area contributed by atoms with Crippen LogP contribution in [-0.2, 0) is 10.0 Å². The van der Waals surface area contributed by atoms with Crippen molar-refractivity contribution in [2.24, 2.45) is 0 Å². The van der Waals surface area contributed by atoms with Crippen LogP contribution in [0, 0.1) is 5.82 Å². The minimum Gasteiger partial charge on any atom is -0.367 e. The Labute approximate surface area is 155 Å². The second-order valence-corrected chi connectivity index (χ2v) is 8.28. The number of fused-ring (bicyclic) bond motifs is 1. The molecule has 2 aromatic carbocycles. The molecule has 0 bridgehead atoms. The molecule has 0 spiro atoms. The Hall–Kier alpha value is -2.71. The highest BCUT2D eigenvalue weighted by molar-refractivity contribution is 7.89. The Bertz CT molecular complexity index is 1150. The van der Waals surface area contributed by atoms with E-state index in [4.69, 9.17) is 0 Å². The molecule has 1 saturated heterocycles. The molecular weight excluding hydrogens is 369 g/mol. The number of piperazine rings is 1. The number of halogens is 1. The van der Waals surface area contributed by atoms with Crippen LogP contribution in [0.3, 0.4) is 0 Å². The molecular formula is C19H18FN3O3S. The first kappa shape index (κ1) is 17.7. The molecule has 2 heterocycles. The van der Waals surface area contributed by atoms with Crippen molar-refractivity contribution in [1.82, 2.24) is 9.29 Å². The Morgan fingerprint density at radius 3 is 2.22 bits per heavy atom. The molecule has 1 aromatic heterocycles. The van der Waals surface area contributed by atoms with Crippen LogP contribution < -0.4 is 10.5 Å². The van der Waals surface area contributed by atoms with Gasteiger partial charge < -0.3 is 9.88 Å². The normalized spacial score (nSPS) is 16.0. The van der Waals surface area contributed by atoms with E-state index in [1.807, 2.05) is 4.90 Å². The first-order valence-corrected chi connectivity index (χ1v) is 10.0. The van der Waals surface area contributed by atoms with Crippen molar-refractivity contribution in [3.8, 4) is 0 Å². The summed E-state index contributed by atoms with van der Waals surface area (Å²) in [4.78, 5) is 16.4. The van der Waals surface area contributed by atoms with Gasteiger partial charge in [0.1, 0.15) is 10.7 Å². The molecule has 140 valence electrons. The summed E-state index contributed by atoms with van der Waals surface area (Å²) in [6.07, 6.45) is 1.25. The Kier molecular flexibility index (Phi) is 4.45. The van der Waals surface area contributed by atoms with Gasteiger partial charge in [-0.15, -0.1) is 0 Å². The maximum atomic E-state index is 14.0. The van der Waals surface area contributed by atoms with E-state index < -0.39 is 10.0 Å². The van der Waals surface area contributed by atoms with Crippen LogP contribution in [0.2, 0.25) is 0 Å². The first-order valence-electron chi connectivity index (χ1n) is 8.58. The largest absolute Gasteiger partial charge is 0.367 e. The summed E-state index contributed by atoms with van der Waals surface area (Å²) in [5.74, 6) is -0.319. The third-order valence-corrected chi connectivity index (χ3v) is 6.76. The lowest BCUT2D eigenvalue weighted by molar-refractivity contribution is 0.383. The SMILES string of the molecule is O=c1[nH]cc(S(=O)(=O)N2CCN(c3ccccc3F)CC2)c2ccccc12. The molecule has 0 amide bonds. The summed E-state index contributed by atoms with van der Waals surface area (Å²) in [6, 6.07) is 13.1. The minimum atomic E-state index is -3.78. The van der Waals surface area contributed by atoms with Crippen molar-refractivity contribution in [2.45, 2.75) is 4.90 Å². The third kappa shape index (κ3) is 3.11. The summed E-state index contributed by atoms with van der Waals surface area (Å²) >= 11 is 0. The van der Waals surface area contributed by atoms with E-state index in [2.05, 4.69) is 4.98 Å². The number of hydrogen-bond donors (Lipinski definition) is 1. The Morgan fingerprint density at radius 1 is 0.889 bits per heavy atom. The van der Waals surface area contributed by atoms with Crippen LogP contribution in [0.5, 0.6) is 0 Å². The summed E-state index contributed by atoms with van der Waals surface area (Å²) in [5, 5.41) is 0.737. The van der Waals surface area contributed by atoms with Gasteiger partial charge >= 0.3 is 0 Å². The van der Waals surface area contributed by atoms with E-state index in [0.29, 0.717) is 29.5 Å². The molecule has 1 fully saturated rings. The highest BCUT2D eigenvalue weighted by Gasteiger charge is 2.30. The molecule has 0 saturated carbocycles. The molecule has 1 aliphatic rings. The van der Waals surface area contributed by atoms with Gasteiger partial charge in [0.2, 0.25) is 10.0 Å².